The zero-order valence-electron chi connectivity index (χ0n) is 14.4. The van der Waals surface area contributed by atoms with Gasteiger partial charge in [-0.2, -0.15) is 0 Å². The van der Waals surface area contributed by atoms with E-state index >= 15 is 0 Å². The Balaban J connectivity index is 1.78. The highest BCUT2D eigenvalue weighted by atomic mass is 79.9. The molecule has 1 heterocycles. The van der Waals surface area contributed by atoms with Gasteiger partial charge in [-0.15, -0.1) is 0 Å². The van der Waals surface area contributed by atoms with Crippen molar-refractivity contribution in [1.29, 1.82) is 0 Å². The highest BCUT2D eigenvalue weighted by Gasteiger charge is 2.49. The standard InChI is InChI=1S/C18H13BrF3N3O3/c1-18(9-3-2-4-10(19)7-9)16(27)25(17(28)24-18)8-13(26)23-12-6-5-11(20)14(21)15(12)22/h2-7H,8H2,1H3,(H,23,26)(H,24,28)/t18-/m1/s1. The monoisotopic (exact) mass is 455 g/mol. The van der Waals surface area contributed by atoms with Crippen molar-refractivity contribution in [1.82, 2.24) is 10.2 Å². The van der Waals surface area contributed by atoms with Crippen molar-refractivity contribution in [3.8, 4) is 0 Å². The van der Waals surface area contributed by atoms with Crippen LogP contribution in [0, 0.1) is 17.5 Å². The molecule has 4 amide bonds. The summed E-state index contributed by atoms with van der Waals surface area (Å²) in [4.78, 5) is 37.8. The molecule has 1 aliphatic rings. The lowest BCUT2D eigenvalue weighted by Crippen LogP contribution is -2.42. The maximum atomic E-state index is 13.7. The van der Waals surface area contributed by atoms with Crippen LogP contribution in [0.25, 0.3) is 0 Å². The third-order valence-electron chi connectivity index (χ3n) is 4.29. The Morgan fingerprint density at radius 3 is 2.57 bits per heavy atom. The van der Waals surface area contributed by atoms with E-state index in [9.17, 15) is 27.6 Å². The number of imide groups is 1. The average Bonchev–Trinajstić information content (AvgIpc) is 2.86. The quantitative estimate of drug-likeness (QED) is 0.548. The molecule has 10 heteroatoms. The second-order valence-corrected chi connectivity index (χ2v) is 7.14. The molecule has 28 heavy (non-hydrogen) atoms. The van der Waals surface area contributed by atoms with Gasteiger partial charge >= 0.3 is 6.03 Å². The van der Waals surface area contributed by atoms with E-state index in [1.807, 2.05) is 5.32 Å². The lowest BCUT2D eigenvalue weighted by atomic mass is 9.92. The number of nitrogens with one attached hydrogen (secondary N) is 2. The molecular formula is C18H13BrF3N3O3. The average molecular weight is 456 g/mol. The summed E-state index contributed by atoms with van der Waals surface area (Å²) in [5.74, 6) is -6.36. The first kappa shape index (κ1) is 19.9. The van der Waals surface area contributed by atoms with E-state index in [4.69, 9.17) is 0 Å². The van der Waals surface area contributed by atoms with Gasteiger partial charge in [0.2, 0.25) is 5.91 Å². The molecular weight excluding hydrogens is 443 g/mol. The van der Waals surface area contributed by atoms with Crippen LogP contribution in [0.1, 0.15) is 12.5 Å². The summed E-state index contributed by atoms with van der Waals surface area (Å²) in [6.07, 6.45) is 0. The lowest BCUT2D eigenvalue weighted by Gasteiger charge is -2.22. The van der Waals surface area contributed by atoms with Gasteiger partial charge in [-0.1, -0.05) is 28.1 Å². The van der Waals surface area contributed by atoms with E-state index in [1.54, 1.807) is 24.3 Å². The van der Waals surface area contributed by atoms with Gasteiger partial charge in [-0.05, 0) is 36.8 Å². The molecule has 1 saturated heterocycles. The fraction of sp³-hybridized carbons (Fsp3) is 0.167. The molecule has 0 saturated carbocycles. The predicted molar refractivity (Wildman–Crippen MR) is 96.7 cm³/mol. The number of rotatable bonds is 4. The number of nitrogens with zero attached hydrogens (tertiary/aromatic N) is 1. The molecule has 1 atom stereocenters. The van der Waals surface area contributed by atoms with Crippen LogP contribution < -0.4 is 10.6 Å². The molecule has 0 bridgehead atoms. The van der Waals surface area contributed by atoms with Gasteiger partial charge < -0.3 is 10.6 Å². The van der Waals surface area contributed by atoms with E-state index < -0.39 is 53.1 Å². The number of carbonyl (C=O) groups is 3. The summed E-state index contributed by atoms with van der Waals surface area (Å²) in [5, 5.41) is 4.54. The van der Waals surface area contributed by atoms with Crippen molar-refractivity contribution in [2.45, 2.75) is 12.5 Å². The van der Waals surface area contributed by atoms with Crippen molar-refractivity contribution in [2.75, 3.05) is 11.9 Å². The molecule has 6 nitrogen and oxygen atoms in total. The van der Waals surface area contributed by atoms with E-state index in [-0.39, 0.29) is 0 Å². The first-order valence-electron chi connectivity index (χ1n) is 7.97. The zero-order chi connectivity index (χ0) is 20.6. The van der Waals surface area contributed by atoms with Crippen LogP contribution in [0.2, 0.25) is 0 Å². The summed E-state index contributed by atoms with van der Waals surface area (Å²) in [5.41, 5.74) is -1.51. The largest absolute Gasteiger partial charge is 0.325 e. The summed E-state index contributed by atoms with van der Waals surface area (Å²) in [7, 11) is 0. The van der Waals surface area contributed by atoms with E-state index in [0.717, 1.165) is 6.07 Å². The first-order valence-corrected chi connectivity index (χ1v) is 8.76. The van der Waals surface area contributed by atoms with Crippen molar-refractivity contribution in [3.63, 3.8) is 0 Å². The van der Waals surface area contributed by atoms with Crippen LogP contribution in [0.3, 0.4) is 0 Å². The van der Waals surface area contributed by atoms with Crippen LogP contribution in [0.5, 0.6) is 0 Å². The summed E-state index contributed by atoms with van der Waals surface area (Å²) in [6.45, 7) is 0.759. The van der Waals surface area contributed by atoms with Gasteiger partial charge in [-0.25, -0.2) is 18.0 Å². The molecule has 0 radical (unpaired) electrons. The minimum Gasteiger partial charge on any atom is -0.322 e. The Morgan fingerprint density at radius 2 is 1.89 bits per heavy atom. The van der Waals surface area contributed by atoms with Crippen molar-refractivity contribution in [2.24, 2.45) is 0 Å². The Morgan fingerprint density at radius 1 is 1.18 bits per heavy atom. The third kappa shape index (κ3) is 3.47. The molecule has 0 aliphatic carbocycles. The minimum absolute atomic E-state index is 0.495. The predicted octanol–water partition coefficient (Wildman–Crippen LogP) is 3.27. The molecule has 0 unspecified atom stereocenters. The number of halogens is 4. The minimum atomic E-state index is -1.74. The Bertz CT molecular complexity index is 1000. The van der Waals surface area contributed by atoms with Gasteiger partial charge in [0.05, 0.1) is 5.69 Å². The van der Waals surface area contributed by atoms with Gasteiger partial charge in [0.1, 0.15) is 12.1 Å². The maximum Gasteiger partial charge on any atom is 0.325 e. The van der Waals surface area contributed by atoms with Crippen LogP contribution >= 0.6 is 15.9 Å². The van der Waals surface area contributed by atoms with Crippen LogP contribution in [-0.2, 0) is 15.1 Å². The highest BCUT2D eigenvalue weighted by molar-refractivity contribution is 9.10. The van der Waals surface area contributed by atoms with E-state index in [1.165, 1.54) is 6.92 Å². The van der Waals surface area contributed by atoms with Crippen molar-refractivity contribution < 1.29 is 27.6 Å². The molecule has 2 aromatic rings. The number of hydrogen-bond acceptors (Lipinski definition) is 3. The smallest absolute Gasteiger partial charge is 0.322 e. The zero-order valence-corrected chi connectivity index (χ0v) is 15.9. The van der Waals surface area contributed by atoms with Gasteiger partial charge in [-0.3, -0.25) is 14.5 Å². The summed E-state index contributed by atoms with van der Waals surface area (Å²) in [6, 6.07) is 7.39. The van der Waals surface area contributed by atoms with Gasteiger partial charge in [0, 0.05) is 4.47 Å². The number of urea groups is 1. The molecule has 1 aliphatic heterocycles. The Kier molecular flexibility index (Phi) is 5.16. The van der Waals surface area contributed by atoms with Crippen LogP contribution in [0.4, 0.5) is 23.7 Å². The molecule has 2 N–H and O–H groups in total. The summed E-state index contributed by atoms with van der Waals surface area (Å²) < 4.78 is 40.6. The molecule has 1 fully saturated rings. The fourth-order valence-corrected chi connectivity index (χ4v) is 3.19. The molecule has 2 aromatic carbocycles. The van der Waals surface area contributed by atoms with E-state index in [2.05, 4.69) is 21.2 Å². The number of carbonyl (C=O) groups excluding carboxylic acids is 3. The second kappa shape index (κ2) is 7.27. The number of benzene rings is 2. The maximum absolute atomic E-state index is 13.7. The first-order chi connectivity index (χ1) is 13.1. The second-order valence-electron chi connectivity index (χ2n) is 6.23. The Hall–Kier alpha value is -2.88. The normalized spacial score (nSPS) is 19.0. The molecule has 0 spiro atoms. The van der Waals surface area contributed by atoms with Crippen LogP contribution in [-0.4, -0.2) is 29.3 Å². The van der Waals surface area contributed by atoms with Crippen molar-refractivity contribution >= 4 is 39.5 Å². The molecule has 146 valence electrons. The fourth-order valence-electron chi connectivity index (χ4n) is 2.79. The molecule has 3 rings (SSSR count). The Labute approximate surface area is 165 Å². The lowest BCUT2D eigenvalue weighted by molar-refractivity contribution is -0.133. The topological polar surface area (TPSA) is 78.5 Å². The van der Waals surface area contributed by atoms with E-state index in [0.29, 0.717) is 21.0 Å². The van der Waals surface area contributed by atoms with Gasteiger partial charge in [0.25, 0.3) is 5.91 Å². The third-order valence-corrected chi connectivity index (χ3v) is 4.78. The SMILES string of the molecule is C[C@]1(c2cccc(Br)c2)NC(=O)N(CC(=O)Nc2ccc(F)c(F)c2F)C1=O. The highest BCUT2D eigenvalue weighted by Crippen LogP contribution is 2.30. The number of anilines is 1. The van der Waals surface area contributed by atoms with Gasteiger partial charge in [0.15, 0.2) is 17.5 Å². The molecule has 0 aromatic heterocycles. The van der Waals surface area contributed by atoms with Crippen LogP contribution in [0.15, 0.2) is 40.9 Å². The summed E-state index contributed by atoms with van der Waals surface area (Å²) >= 11 is 3.28. The van der Waals surface area contributed by atoms with Crippen molar-refractivity contribution in [3.05, 3.63) is 63.9 Å². The number of hydrogen-bond donors (Lipinski definition) is 2. The number of amides is 4.